The van der Waals surface area contributed by atoms with Gasteiger partial charge in [-0.15, -0.1) is 0 Å². The third-order valence-electron chi connectivity index (χ3n) is 5.13. The molecule has 1 aromatic rings. The van der Waals surface area contributed by atoms with Crippen LogP contribution in [0, 0.1) is 17.8 Å². The van der Waals surface area contributed by atoms with Crippen molar-refractivity contribution in [1.82, 2.24) is 4.98 Å². The van der Waals surface area contributed by atoms with E-state index in [2.05, 4.69) is 24.0 Å². The van der Waals surface area contributed by atoms with Crippen molar-refractivity contribution >= 4 is 0 Å². The predicted octanol–water partition coefficient (Wildman–Crippen LogP) is 3.12. The maximum atomic E-state index is 6.01. The molecule has 3 rings (SSSR count). The van der Waals surface area contributed by atoms with Crippen molar-refractivity contribution in [1.29, 1.82) is 0 Å². The molecule has 0 bridgehead atoms. The second-order valence-corrected chi connectivity index (χ2v) is 6.27. The molecule has 0 radical (unpaired) electrons. The van der Waals surface area contributed by atoms with E-state index in [4.69, 9.17) is 5.73 Å². The second-order valence-electron chi connectivity index (χ2n) is 6.27. The van der Waals surface area contributed by atoms with Crippen molar-refractivity contribution in [2.24, 2.45) is 23.5 Å². The van der Waals surface area contributed by atoms with Gasteiger partial charge in [-0.1, -0.05) is 19.4 Å². The molecule has 0 spiro atoms. The zero-order chi connectivity index (χ0) is 12.5. The van der Waals surface area contributed by atoms with E-state index in [0.717, 1.165) is 24.3 Å². The Morgan fingerprint density at radius 2 is 2.22 bits per heavy atom. The van der Waals surface area contributed by atoms with Crippen LogP contribution in [0.2, 0.25) is 0 Å². The number of pyridine rings is 1. The first kappa shape index (κ1) is 12.2. The van der Waals surface area contributed by atoms with Gasteiger partial charge in [-0.3, -0.25) is 4.98 Å². The van der Waals surface area contributed by atoms with Crippen molar-refractivity contribution in [2.45, 2.75) is 44.9 Å². The summed E-state index contributed by atoms with van der Waals surface area (Å²) in [5.41, 5.74) is 8.87. The number of fused-ring (bicyclic) bond motifs is 1. The van der Waals surface area contributed by atoms with Gasteiger partial charge in [-0.2, -0.15) is 0 Å². The molecule has 1 fully saturated rings. The predicted molar refractivity (Wildman–Crippen MR) is 74.3 cm³/mol. The lowest BCUT2D eigenvalue weighted by molar-refractivity contribution is 0.162. The van der Waals surface area contributed by atoms with Gasteiger partial charge >= 0.3 is 0 Å². The van der Waals surface area contributed by atoms with Gasteiger partial charge in [0, 0.05) is 17.8 Å². The van der Waals surface area contributed by atoms with E-state index in [1.54, 1.807) is 0 Å². The average molecular weight is 244 g/mol. The van der Waals surface area contributed by atoms with E-state index < -0.39 is 0 Å². The zero-order valence-corrected chi connectivity index (χ0v) is 11.3. The smallest absolute Gasteiger partial charge is 0.0469 e. The minimum Gasteiger partial charge on any atom is -0.330 e. The van der Waals surface area contributed by atoms with E-state index in [1.165, 1.54) is 43.4 Å². The van der Waals surface area contributed by atoms with Crippen LogP contribution < -0.4 is 5.73 Å². The first-order chi connectivity index (χ1) is 8.79. The minimum absolute atomic E-state index is 0.678. The molecule has 2 heteroatoms. The summed E-state index contributed by atoms with van der Waals surface area (Å²) < 4.78 is 0. The number of hydrogen-bond donors (Lipinski definition) is 1. The van der Waals surface area contributed by atoms with Crippen molar-refractivity contribution in [2.75, 3.05) is 6.54 Å². The van der Waals surface area contributed by atoms with Crippen LogP contribution in [-0.4, -0.2) is 11.5 Å². The van der Waals surface area contributed by atoms with Gasteiger partial charge in [0.25, 0.3) is 0 Å². The lowest BCUT2D eigenvalue weighted by Crippen LogP contribution is -2.33. The third kappa shape index (κ3) is 2.07. The zero-order valence-electron chi connectivity index (χ0n) is 11.3. The lowest BCUT2D eigenvalue weighted by Gasteiger charge is -2.38. The van der Waals surface area contributed by atoms with Crippen LogP contribution >= 0.6 is 0 Å². The molecule has 1 heterocycles. The lowest BCUT2D eigenvalue weighted by atomic mass is 9.68. The molecule has 2 aliphatic rings. The quantitative estimate of drug-likeness (QED) is 0.868. The maximum Gasteiger partial charge on any atom is 0.0469 e. The van der Waals surface area contributed by atoms with Crippen LogP contribution in [0.15, 0.2) is 18.3 Å². The molecule has 0 aromatic carbocycles. The molecule has 98 valence electrons. The fourth-order valence-electron chi connectivity index (χ4n) is 4.13. The molecule has 0 saturated heterocycles. The van der Waals surface area contributed by atoms with Crippen LogP contribution in [0.25, 0.3) is 0 Å². The van der Waals surface area contributed by atoms with Gasteiger partial charge in [-0.05, 0) is 61.6 Å². The second kappa shape index (κ2) is 5.00. The molecule has 2 N–H and O–H groups in total. The SMILES string of the molecule is CC1CCC(CN)C(C2CCc3cccnc32)C1. The number of nitrogens with zero attached hydrogens (tertiary/aromatic N) is 1. The summed E-state index contributed by atoms with van der Waals surface area (Å²) in [4.78, 5) is 4.67. The Morgan fingerprint density at radius 1 is 1.33 bits per heavy atom. The minimum atomic E-state index is 0.678. The standard InChI is InChI=1S/C16H24N2/c1-11-4-5-13(10-17)15(9-11)14-7-6-12-3-2-8-18-16(12)14/h2-3,8,11,13-15H,4-7,9-10,17H2,1H3. The molecular formula is C16H24N2. The van der Waals surface area contributed by atoms with Crippen LogP contribution in [0.1, 0.15) is 49.8 Å². The summed E-state index contributed by atoms with van der Waals surface area (Å²) in [6, 6.07) is 4.33. The molecule has 1 saturated carbocycles. The molecule has 2 nitrogen and oxygen atoms in total. The highest BCUT2D eigenvalue weighted by atomic mass is 14.7. The third-order valence-corrected chi connectivity index (χ3v) is 5.13. The van der Waals surface area contributed by atoms with E-state index in [9.17, 15) is 0 Å². The number of aromatic nitrogens is 1. The summed E-state index contributed by atoms with van der Waals surface area (Å²) in [6.07, 6.45) is 8.50. The Kier molecular flexibility index (Phi) is 3.38. The van der Waals surface area contributed by atoms with E-state index in [1.807, 2.05) is 6.20 Å². The number of rotatable bonds is 2. The molecule has 0 amide bonds. The van der Waals surface area contributed by atoms with E-state index >= 15 is 0 Å². The highest BCUT2D eigenvalue weighted by Crippen LogP contribution is 2.46. The highest BCUT2D eigenvalue weighted by molar-refractivity contribution is 5.29. The van der Waals surface area contributed by atoms with Gasteiger partial charge < -0.3 is 5.73 Å². The van der Waals surface area contributed by atoms with Crippen molar-refractivity contribution in [3.05, 3.63) is 29.6 Å². The Morgan fingerprint density at radius 3 is 3.06 bits per heavy atom. The normalized spacial score (nSPS) is 35.4. The van der Waals surface area contributed by atoms with Crippen LogP contribution in [0.5, 0.6) is 0 Å². The number of aryl methyl sites for hydroxylation is 1. The van der Waals surface area contributed by atoms with Gasteiger partial charge in [0.05, 0.1) is 0 Å². The monoisotopic (exact) mass is 244 g/mol. The molecule has 4 unspecified atom stereocenters. The van der Waals surface area contributed by atoms with Crippen molar-refractivity contribution in [3.8, 4) is 0 Å². The van der Waals surface area contributed by atoms with Gasteiger partial charge in [0.1, 0.15) is 0 Å². The fourth-order valence-corrected chi connectivity index (χ4v) is 4.13. The first-order valence-corrected chi connectivity index (χ1v) is 7.43. The molecule has 2 aliphatic carbocycles. The molecular weight excluding hydrogens is 220 g/mol. The summed E-state index contributed by atoms with van der Waals surface area (Å²) in [5, 5.41) is 0. The maximum absolute atomic E-state index is 6.01. The van der Waals surface area contributed by atoms with E-state index in [0.29, 0.717) is 5.92 Å². The average Bonchev–Trinajstić information content (AvgIpc) is 2.82. The van der Waals surface area contributed by atoms with Gasteiger partial charge in [0.15, 0.2) is 0 Å². The topological polar surface area (TPSA) is 38.9 Å². The van der Waals surface area contributed by atoms with Gasteiger partial charge in [-0.25, -0.2) is 0 Å². The highest BCUT2D eigenvalue weighted by Gasteiger charge is 2.37. The first-order valence-electron chi connectivity index (χ1n) is 7.43. The van der Waals surface area contributed by atoms with Crippen molar-refractivity contribution in [3.63, 3.8) is 0 Å². The molecule has 1 aromatic heterocycles. The summed E-state index contributed by atoms with van der Waals surface area (Å²) in [6.45, 7) is 3.25. The summed E-state index contributed by atoms with van der Waals surface area (Å²) >= 11 is 0. The van der Waals surface area contributed by atoms with Crippen molar-refractivity contribution < 1.29 is 0 Å². The number of nitrogens with two attached hydrogens (primary N) is 1. The van der Waals surface area contributed by atoms with Crippen LogP contribution in [-0.2, 0) is 6.42 Å². The fraction of sp³-hybridized carbons (Fsp3) is 0.688. The van der Waals surface area contributed by atoms with Crippen LogP contribution in [0.3, 0.4) is 0 Å². The molecule has 4 atom stereocenters. The molecule has 18 heavy (non-hydrogen) atoms. The Bertz CT molecular complexity index is 415. The van der Waals surface area contributed by atoms with E-state index in [-0.39, 0.29) is 0 Å². The Labute approximate surface area is 110 Å². The van der Waals surface area contributed by atoms with Crippen LogP contribution in [0.4, 0.5) is 0 Å². The van der Waals surface area contributed by atoms with Gasteiger partial charge in [0.2, 0.25) is 0 Å². The largest absolute Gasteiger partial charge is 0.330 e. The Hall–Kier alpha value is -0.890. The summed E-state index contributed by atoms with van der Waals surface area (Å²) in [5.74, 6) is 3.04. The number of hydrogen-bond acceptors (Lipinski definition) is 2. The summed E-state index contributed by atoms with van der Waals surface area (Å²) in [7, 11) is 0. The molecule has 0 aliphatic heterocycles. The Balaban J connectivity index is 1.85.